The lowest BCUT2D eigenvalue weighted by Gasteiger charge is -1.88. The van der Waals surface area contributed by atoms with Crippen LogP contribution < -0.4 is 0 Å². The van der Waals surface area contributed by atoms with Crippen LogP contribution >= 0.6 is 22.9 Å². The van der Waals surface area contributed by atoms with Crippen LogP contribution in [0.4, 0.5) is 0 Å². The van der Waals surface area contributed by atoms with Gasteiger partial charge in [-0.2, -0.15) is 11.3 Å². The number of nitrogens with one attached hydrogen (secondary N) is 1. The lowest BCUT2D eigenvalue weighted by molar-refractivity contribution is 1.22. The van der Waals surface area contributed by atoms with E-state index in [9.17, 15) is 0 Å². The predicted octanol–water partition coefficient (Wildman–Crippen LogP) is 3.34. The quantitative estimate of drug-likeness (QED) is 0.658. The summed E-state index contributed by atoms with van der Waals surface area (Å²) in [5.41, 5.74) is 3.95. The summed E-state index contributed by atoms with van der Waals surface area (Å²) in [5.74, 6) is 0. The lowest BCUT2D eigenvalue weighted by atomic mass is 10.2. The number of aromatic nitrogens is 3. The van der Waals surface area contributed by atoms with Crippen molar-refractivity contribution in [3.63, 3.8) is 0 Å². The summed E-state index contributed by atoms with van der Waals surface area (Å²) in [6.07, 6.45) is 1.69. The van der Waals surface area contributed by atoms with E-state index in [1.54, 1.807) is 17.5 Å². The highest BCUT2D eigenvalue weighted by molar-refractivity contribution is 7.08. The Morgan fingerprint density at radius 1 is 1.40 bits per heavy atom. The molecule has 5 heteroatoms. The first-order valence-electron chi connectivity index (χ1n) is 4.37. The molecule has 0 saturated heterocycles. The van der Waals surface area contributed by atoms with Crippen molar-refractivity contribution in [2.75, 3.05) is 0 Å². The first kappa shape index (κ1) is 8.88. The molecule has 0 unspecified atom stereocenters. The Balaban J connectivity index is 2.22. The van der Waals surface area contributed by atoms with E-state index in [0.717, 1.165) is 22.3 Å². The van der Waals surface area contributed by atoms with Crippen LogP contribution in [0.3, 0.4) is 0 Å². The third-order valence-corrected chi connectivity index (χ3v) is 3.04. The lowest BCUT2D eigenvalue weighted by Crippen LogP contribution is -1.79. The van der Waals surface area contributed by atoms with Gasteiger partial charge < -0.3 is 4.98 Å². The van der Waals surface area contributed by atoms with Crippen LogP contribution in [-0.2, 0) is 0 Å². The molecule has 15 heavy (non-hydrogen) atoms. The van der Waals surface area contributed by atoms with Crippen LogP contribution in [0.5, 0.6) is 0 Å². The third-order valence-electron chi connectivity index (χ3n) is 2.17. The van der Waals surface area contributed by atoms with E-state index in [1.807, 2.05) is 11.4 Å². The molecule has 0 amide bonds. The molecule has 0 spiro atoms. The van der Waals surface area contributed by atoms with Gasteiger partial charge in [-0.25, -0.2) is 9.97 Å². The number of rotatable bonds is 1. The molecule has 0 atom stereocenters. The highest BCUT2D eigenvalue weighted by Gasteiger charge is 2.05. The summed E-state index contributed by atoms with van der Waals surface area (Å²) in [5, 5.41) is 4.40. The molecule has 0 aliphatic rings. The van der Waals surface area contributed by atoms with Crippen molar-refractivity contribution in [3.05, 3.63) is 34.4 Å². The Bertz CT molecular complexity index is 600. The molecule has 3 aromatic rings. The van der Waals surface area contributed by atoms with Crippen molar-refractivity contribution in [1.29, 1.82) is 0 Å². The summed E-state index contributed by atoms with van der Waals surface area (Å²) in [6.45, 7) is 0. The van der Waals surface area contributed by atoms with Crippen molar-refractivity contribution < 1.29 is 0 Å². The van der Waals surface area contributed by atoms with Crippen LogP contribution in [0.15, 0.2) is 29.1 Å². The molecular formula is C10H6ClN3S. The maximum Gasteiger partial charge on any atom is 0.223 e. The second-order valence-corrected chi connectivity index (χ2v) is 4.25. The molecule has 0 aliphatic heterocycles. The van der Waals surface area contributed by atoms with Crippen molar-refractivity contribution in [1.82, 2.24) is 15.0 Å². The fraction of sp³-hybridized carbons (Fsp3) is 0. The number of hydrogen-bond donors (Lipinski definition) is 1. The minimum absolute atomic E-state index is 0.276. The van der Waals surface area contributed by atoms with Crippen LogP contribution in [0, 0.1) is 0 Å². The molecule has 3 rings (SSSR count). The number of H-pyrrole nitrogens is 1. The molecule has 0 fully saturated rings. The van der Waals surface area contributed by atoms with Gasteiger partial charge in [-0.15, -0.1) is 0 Å². The van der Waals surface area contributed by atoms with Gasteiger partial charge in [0.15, 0.2) is 0 Å². The van der Waals surface area contributed by atoms with Crippen molar-refractivity contribution in [2.45, 2.75) is 0 Å². The van der Waals surface area contributed by atoms with Gasteiger partial charge in [0.2, 0.25) is 5.28 Å². The van der Waals surface area contributed by atoms with E-state index >= 15 is 0 Å². The van der Waals surface area contributed by atoms with Crippen molar-refractivity contribution >= 4 is 34.0 Å². The molecule has 74 valence electrons. The molecule has 0 bridgehead atoms. The highest BCUT2D eigenvalue weighted by Crippen LogP contribution is 2.24. The van der Waals surface area contributed by atoms with Gasteiger partial charge in [-0.3, -0.25) is 0 Å². The van der Waals surface area contributed by atoms with Crippen LogP contribution in [0.2, 0.25) is 5.28 Å². The summed E-state index contributed by atoms with van der Waals surface area (Å²) >= 11 is 7.38. The van der Waals surface area contributed by atoms with E-state index in [2.05, 4.69) is 26.4 Å². The fourth-order valence-corrected chi connectivity index (χ4v) is 2.27. The van der Waals surface area contributed by atoms with Crippen LogP contribution in [0.25, 0.3) is 22.3 Å². The molecule has 3 heterocycles. The predicted molar refractivity (Wildman–Crippen MR) is 62.2 cm³/mol. The Kier molecular flexibility index (Phi) is 1.97. The zero-order valence-corrected chi connectivity index (χ0v) is 9.14. The number of hydrogen-bond acceptors (Lipinski definition) is 3. The average Bonchev–Trinajstić information content (AvgIpc) is 2.84. The maximum absolute atomic E-state index is 5.72. The van der Waals surface area contributed by atoms with Gasteiger partial charge >= 0.3 is 0 Å². The van der Waals surface area contributed by atoms with Gasteiger partial charge in [-0.1, -0.05) is 0 Å². The number of nitrogens with zero attached hydrogens (tertiary/aromatic N) is 2. The highest BCUT2D eigenvalue weighted by atomic mass is 35.5. The van der Waals surface area contributed by atoms with Crippen molar-refractivity contribution in [2.24, 2.45) is 0 Å². The monoisotopic (exact) mass is 235 g/mol. The van der Waals surface area contributed by atoms with Gasteiger partial charge in [0.05, 0.1) is 17.2 Å². The maximum atomic E-state index is 5.72. The second-order valence-electron chi connectivity index (χ2n) is 3.13. The molecule has 0 radical (unpaired) electrons. The minimum Gasteiger partial charge on any atom is -0.352 e. The molecule has 0 aliphatic carbocycles. The Labute approximate surface area is 94.8 Å². The van der Waals surface area contributed by atoms with E-state index in [-0.39, 0.29) is 5.28 Å². The van der Waals surface area contributed by atoms with Crippen molar-refractivity contribution in [3.8, 4) is 11.3 Å². The molecule has 0 aromatic carbocycles. The third kappa shape index (κ3) is 1.52. The Hall–Kier alpha value is -1.39. The SMILES string of the molecule is Clc1ncc2[nH]c(-c3ccsc3)cc2n1. The average molecular weight is 236 g/mol. The Morgan fingerprint density at radius 3 is 3.13 bits per heavy atom. The van der Waals surface area contributed by atoms with E-state index in [1.165, 1.54) is 0 Å². The van der Waals surface area contributed by atoms with Crippen LogP contribution in [-0.4, -0.2) is 15.0 Å². The smallest absolute Gasteiger partial charge is 0.223 e. The zero-order valence-electron chi connectivity index (χ0n) is 7.57. The largest absolute Gasteiger partial charge is 0.352 e. The van der Waals surface area contributed by atoms with E-state index < -0.39 is 0 Å². The van der Waals surface area contributed by atoms with Gasteiger partial charge in [0.1, 0.15) is 0 Å². The number of halogens is 1. The molecule has 0 saturated carbocycles. The van der Waals surface area contributed by atoms with Gasteiger partial charge in [-0.05, 0) is 29.1 Å². The summed E-state index contributed by atoms with van der Waals surface area (Å²) in [4.78, 5) is 11.3. The normalized spacial score (nSPS) is 11.0. The van der Waals surface area contributed by atoms with E-state index in [4.69, 9.17) is 11.6 Å². The second kappa shape index (κ2) is 3.32. The topological polar surface area (TPSA) is 41.6 Å². The number of aromatic amines is 1. The number of thiophene rings is 1. The Morgan fingerprint density at radius 2 is 2.33 bits per heavy atom. The van der Waals surface area contributed by atoms with Crippen LogP contribution in [0.1, 0.15) is 0 Å². The fourth-order valence-electron chi connectivity index (χ4n) is 1.47. The molecule has 3 aromatic heterocycles. The zero-order chi connectivity index (χ0) is 10.3. The summed E-state index contributed by atoms with van der Waals surface area (Å²) in [6, 6.07) is 4.04. The minimum atomic E-state index is 0.276. The number of fused-ring (bicyclic) bond motifs is 1. The first-order chi connectivity index (χ1) is 7.33. The summed E-state index contributed by atoms with van der Waals surface area (Å²) in [7, 11) is 0. The standard InChI is InChI=1S/C10H6ClN3S/c11-10-12-4-9-8(14-10)3-7(13-9)6-1-2-15-5-6/h1-5,13H. The van der Waals surface area contributed by atoms with Gasteiger partial charge in [0, 0.05) is 16.6 Å². The van der Waals surface area contributed by atoms with Gasteiger partial charge in [0.25, 0.3) is 0 Å². The van der Waals surface area contributed by atoms with E-state index in [0.29, 0.717) is 0 Å². The molecular weight excluding hydrogens is 230 g/mol. The molecule has 1 N–H and O–H groups in total. The summed E-state index contributed by atoms with van der Waals surface area (Å²) < 4.78 is 0. The molecule has 3 nitrogen and oxygen atoms in total. The first-order valence-corrected chi connectivity index (χ1v) is 5.69.